The van der Waals surface area contributed by atoms with Gasteiger partial charge in [-0.1, -0.05) is 22.0 Å². The third kappa shape index (κ3) is 2.54. The van der Waals surface area contributed by atoms with Gasteiger partial charge < -0.3 is 10.0 Å². The van der Waals surface area contributed by atoms with Crippen molar-refractivity contribution in [2.75, 3.05) is 11.4 Å². The van der Waals surface area contributed by atoms with Crippen LogP contribution in [0.25, 0.3) is 6.08 Å². The number of rotatable bonds is 3. The molecule has 3 nitrogen and oxygen atoms in total. The summed E-state index contributed by atoms with van der Waals surface area (Å²) >= 11 is 3.51. The Hall–Kier alpha value is -1.29. The van der Waals surface area contributed by atoms with Crippen molar-refractivity contribution in [1.82, 2.24) is 0 Å². The molecular weight excluding hydrogens is 306 g/mol. The van der Waals surface area contributed by atoms with Gasteiger partial charge in [-0.15, -0.1) is 0 Å². The SMILES string of the molecule is O=C(O)/C=C/c1ccc(Br)cc1N1CC2CCC1C2. The number of aliphatic carboxylic acids is 1. The summed E-state index contributed by atoms with van der Waals surface area (Å²) in [6.07, 6.45) is 6.79. The predicted octanol–water partition coefficient (Wildman–Crippen LogP) is 3.54. The minimum atomic E-state index is -0.906. The van der Waals surface area contributed by atoms with Crippen LogP contribution >= 0.6 is 15.9 Å². The number of carbonyl (C=O) groups is 1. The van der Waals surface area contributed by atoms with Crippen LogP contribution in [0.4, 0.5) is 5.69 Å². The number of nitrogens with zero attached hydrogens (tertiary/aromatic N) is 1. The van der Waals surface area contributed by atoms with E-state index in [1.54, 1.807) is 6.08 Å². The van der Waals surface area contributed by atoms with Crippen molar-refractivity contribution < 1.29 is 9.90 Å². The van der Waals surface area contributed by atoms with E-state index in [2.05, 4.69) is 26.9 Å². The second-order valence-corrected chi connectivity index (χ2v) is 6.28. The van der Waals surface area contributed by atoms with Crippen LogP contribution in [0.15, 0.2) is 28.7 Å². The van der Waals surface area contributed by atoms with E-state index in [1.165, 1.54) is 25.3 Å². The molecule has 0 aromatic heterocycles. The number of hydrogen-bond acceptors (Lipinski definition) is 2. The van der Waals surface area contributed by atoms with Crippen molar-refractivity contribution in [2.24, 2.45) is 5.92 Å². The van der Waals surface area contributed by atoms with Gasteiger partial charge in [0.25, 0.3) is 0 Å². The van der Waals surface area contributed by atoms with E-state index in [0.29, 0.717) is 6.04 Å². The molecule has 19 heavy (non-hydrogen) atoms. The maximum absolute atomic E-state index is 10.7. The van der Waals surface area contributed by atoms with Crippen LogP contribution in [-0.4, -0.2) is 23.7 Å². The number of fused-ring (bicyclic) bond motifs is 2. The Kier molecular flexibility index (Phi) is 3.35. The Morgan fingerprint density at radius 3 is 2.89 bits per heavy atom. The average Bonchev–Trinajstić information content (AvgIpc) is 2.99. The highest BCUT2D eigenvalue weighted by molar-refractivity contribution is 9.10. The number of anilines is 1. The summed E-state index contributed by atoms with van der Waals surface area (Å²) in [6.45, 7) is 1.11. The molecule has 1 aliphatic heterocycles. The van der Waals surface area contributed by atoms with E-state index in [-0.39, 0.29) is 0 Å². The van der Waals surface area contributed by atoms with Crippen LogP contribution in [0.1, 0.15) is 24.8 Å². The zero-order valence-electron chi connectivity index (χ0n) is 10.6. The molecule has 100 valence electrons. The first-order valence-electron chi connectivity index (χ1n) is 6.60. The van der Waals surface area contributed by atoms with Crippen molar-refractivity contribution >= 4 is 33.7 Å². The lowest BCUT2D eigenvalue weighted by Gasteiger charge is -2.30. The quantitative estimate of drug-likeness (QED) is 0.866. The highest BCUT2D eigenvalue weighted by atomic mass is 79.9. The summed E-state index contributed by atoms with van der Waals surface area (Å²) in [7, 11) is 0. The van der Waals surface area contributed by atoms with Gasteiger partial charge in [0.1, 0.15) is 0 Å². The average molecular weight is 322 g/mol. The lowest BCUT2D eigenvalue weighted by Crippen LogP contribution is -2.32. The van der Waals surface area contributed by atoms with E-state index < -0.39 is 5.97 Å². The molecule has 0 amide bonds. The van der Waals surface area contributed by atoms with E-state index in [1.807, 2.05) is 12.1 Å². The monoisotopic (exact) mass is 321 g/mol. The van der Waals surface area contributed by atoms with Gasteiger partial charge >= 0.3 is 5.97 Å². The molecule has 1 aromatic rings. The summed E-state index contributed by atoms with van der Waals surface area (Å²) in [5.74, 6) is -0.0860. The smallest absolute Gasteiger partial charge is 0.328 e. The molecule has 0 spiro atoms. The van der Waals surface area contributed by atoms with Crippen molar-refractivity contribution in [3.63, 3.8) is 0 Å². The Morgan fingerprint density at radius 2 is 2.26 bits per heavy atom. The van der Waals surface area contributed by atoms with E-state index >= 15 is 0 Å². The van der Waals surface area contributed by atoms with E-state index in [0.717, 1.165) is 28.2 Å². The molecule has 2 atom stereocenters. The standard InChI is InChI=1S/C15H16BrNO2/c16-12-4-2-11(3-6-15(18)19)14(8-12)17-9-10-1-5-13(17)7-10/h2-4,6,8,10,13H,1,5,7,9H2,(H,18,19)/b6-3+. The number of halogens is 1. The fraction of sp³-hybridized carbons (Fsp3) is 0.400. The van der Waals surface area contributed by atoms with Crippen molar-refractivity contribution in [1.29, 1.82) is 0 Å². The van der Waals surface area contributed by atoms with Gasteiger partial charge in [0.15, 0.2) is 0 Å². The van der Waals surface area contributed by atoms with E-state index in [9.17, 15) is 4.79 Å². The zero-order valence-corrected chi connectivity index (χ0v) is 12.1. The molecule has 1 aromatic carbocycles. The third-order valence-electron chi connectivity index (χ3n) is 4.12. The fourth-order valence-electron chi connectivity index (χ4n) is 3.29. The van der Waals surface area contributed by atoms with Gasteiger partial charge in [-0.05, 0) is 49.0 Å². The van der Waals surface area contributed by atoms with Crippen molar-refractivity contribution in [3.05, 3.63) is 34.3 Å². The molecule has 1 heterocycles. The minimum absolute atomic E-state index is 0.635. The third-order valence-corrected chi connectivity index (χ3v) is 4.61. The Labute approximate surface area is 121 Å². The van der Waals surface area contributed by atoms with Gasteiger partial charge in [0.2, 0.25) is 0 Å². The number of carboxylic acid groups (broad SMARTS) is 1. The zero-order chi connectivity index (χ0) is 13.4. The highest BCUT2D eigenvalue weighted by Crippen LogP contribution is 2.42. The molecule has 1 saturated heterocycles. The van der Waals surface area contributed by atoms with Crippen LogP contribution < -0.4 is 4.90 Å². The second-order valence-electron chi connectivity index (χ2n) is 5.36. The molecule has 4 heteroatoms. The van der Waals surface area contributed by atoms with Gasteiger partial charge in [-0.3, -0.25) is 0 Å². The van der Waals surface area contributed by atoms with Crippen molar-refractivity contribution in [2.45, 2.75) is 25.3 Å². The predicted molar refractivity (Wildman–Crippen MR) is 79.3 cm³/mol. The number of piperidine rings is 1. The second kappa shape index (κ2) is 5.00. The van der Waals surface area contributed by atoms with Gasteiger partial charge in [-0.2, -0.15) is 0 Å². The maximum atomic E-state index is 10.7. The molecule has 1 saturated carbocycles. The Bertz CT molecular complexity index is 541. The largest absolute Gasteiger partial charge is 0.478 e. The summed E-state index contributed by atoms with van der Waals surface area (Å²) in [5, 5.41) is 8.78. The molecule has 3 rings (SSSR count). The topological polar surface area (TPSA) is 40.5 Å². The molecule has 2 bridgehead atoms. The molecule has 2 fully saturated rings. The number of hydrogen-bond donors (Lipinski definition) is 1. The molecular formula is C15H16BrNO2. The lowest BCUT2D eigenvalue weighted by molar-refractivity contribution is -0.131. The van der Waals surface area contributed by atoms with Crippen LogP contribution in [0, 0.1) is 5.92 Å². The first kappa shape index (κ1) is 12.7. The molecule has 2 aliphatic rings. The van der Waals surface area contributed by atoms with Crippen LogP contribution in [0.3, 0.4) is 0 Å². The number of benzene rings is 1. The fourth-order valence-corrected chi connectivity index (χ4v) is 3.64. The van der Waals surface area contributed by atoms with E-state index in [4.69, 9.17) is 5.11 Å². The summed E-state index contributed by atoms with van der Waals surface area (Å²) in [4.78, 5) is 13.1. The normalized spacial score (nSPS) is 25.4. The lowest BCUT2D eigenvalue weighted by atomic mass is 10.1. The maximum Gasteiger partial charge on any atom is 0.328 e. The minimum Gasteiger partial charge on any atom is -0.478 e. The van der Waals surface area contributed by atoms with Crippen molar-refractivity contribution in [3.8, 4) is 0 Å². The van der Waals surface area contributed by atoms with Gasteiger partial charge in [0, 0.05) is 28.8 Å². The molecule has 2 unspecified atom stereocenters. The van der Waals surface area contributed by atoms with Crippen LogP contribution in [0.5, 0.6) is 0 Å². The highest BCUT2D eigenvalue weighted by Gasteiger charge is 2.38. The Morgan fingerprint density at radius 1 is 1.42 bits per heavy atom. The molecule has 1 aliphatic carbocycles. The molecule has 1 N–H and O–H groups in total. The summed E-state index contributed by atoms with van der Waals surface area (Å²) in [5.41, 5.74) is 2.14. The van der Waals surface area contributed by atoms with Crippen LogP contribution in [0.2, 0.25) is 0 Å². The van der Waals surface area contributed by atoms with Gasteiger partial charge in [-0.25, -0.2) is 4.79 Å². The first-order chi connectivity index (χ1) is 9.13. The number of carboxylic acids is 1. The van der Waals surface area contributed by atoms with Gasteiger partial charge in [0.05, 0.1) is 0 Å². The van der Waals surface area contributed by atoms with Crippen LogP contribution in [-0.2, 0) is 4.79 Å². The summed E-state index contributed by atoms with van der Waals surface area (Å²) in [6, 6.07) is 6.67. The summed E-state index contributed by atoms with van der Waals surface area (Å²) < 4.78 is 1.04. The molecule has 0 radical (unpaired) electrons. The first-order valence-corrected chi connectivity index (χ1v) is 7.40. The Balaban J connectivity index is 1.94.